The summed E-state index contributed by atoms with van der Waals surface area (Å²) in [6.07, 6.45) is 3.00. The van der Waals surface area contributed by atoms with Gasteiger partial charge in [0.05, 0.1) is 31.3 Å². The number of amides is 1. The quantitative estimate of drug-likeness (QED) is 0.275. The van der Waals surface area contributed by atoms with E-state index in [4.69, 9.17) is 14.2 Å². The van der Waals surface area contributed by atoms with Crippen molar-refractivity contribution in [3.8, 4) is 11.5 Å². The van der Waals surface area contributed by atoms with Crippen LogP contribution >= 0.6 is 15.9 Å². The standard InChI is InChI=1S/C25H30BrNO5/c1-17(26)24(29)27(16-18-10-13-20(30-5)14-11-18)23-19(8-7-9-21(23)31-6)12-15-22(28)32-25(2,3)4/h7-15,17H,16H2,1-6H3/b15-12+/t17-/m0/s1. The minimum absolute atomic E-state index is 0.141. The molecule has 0 N–H and O–H groups in total. The van der Waals surface area contributed by atoms with E-state index in [0.29, 0.717) is 23.5 Å². The van der Waals surface area contributed by atoms with Crippen LogP contribution in [0.4, 0.5) is 5.69 Å². The molecule has 0 saturated heterocycles. The molecule has 0 aliphatic heterocycles. The smallest absolute Gasteiger partial charge is 0.331 e. The number of alkyl halides is 1. The molecule has 0 saturated carbocycles. The van der Waals surface area contributed by atoms with Gasteiger partial charge in [-0.25, -0.2) is 4.79 Å². The molecule has 7 heteroatoms. The molecule has 0 aliphatic carbocycles. The molecule has 0 fully saturated rings. The fourth-order valence-electron chi connectivity index (χ4n) is 3.02. The van der Waals surface area contributed by atoms with Crippen LogP contribution < -0.4 is 14.4 Å². The Morgan fingerprint density at radius 2 is 1.72 bits per heavy atom. The lowest BCUT2D eigenvalue weighted by Crippen LogP contribution is -2.36. The van der Waals surface area contributed by atoms with Crippen molar-refractivity contribution in [1.29, 1.82) is 0 Å². The van der Waals surface area contributed by atoms with Crippen LogP contribution in [0.25, 0.3) is 6.08 Å². The number of methoxy groups -OCH3 is 2. The predicted molar refractivity (Wildman–Crippen MR) is 130 cm³/mol. The molecule has 6 nitrogen and oxygen atoms in total. The summed E-state index contributed by atoms with van der Waals surface area (Å²) in [6.45, 7) is 7.51. The van der Waals surface area contributed by atoms with E-state index in [9.17, 15) is 9.59 Å². The second-order valence-corrected chi connectivity index (χ2v) is 9.53. The van der Waals surface area contributed by atoms with Gasteiger partial charge in [0.15, 0.2) is 0 Å². The maximum absolute atomic E-state index is 13.2. The molecule has 0 spiro atoms. The second-order valence-electron chi connectivity index (χ2n) is 8.15. The lowest BCUT2D eigenvalue weighted by molar-refractivity contribution is -0.148. The number of benzene rings is 2. The Morgan fingerprint density at radius 1 is 1.06 bits per heavy atom. The van der Waals surface area contributed by atoms with Crippen LogP contribution in [0.5, 0.6) is 11.5 Å². The van der Waals surface area contributed by atoms with Gasteiger partial charge in [-0.15, -0.1) is 0 Å². The van der Waals surface area contributed by atoms with Crippen molar-refractivity contribution in [2.45, 2.75) is 44.7 Å². The van der Waals surface area contributed by atoms with Crippen molar-refractivity contribution in [2.75, 3.05) is 19.1 Å². The molecular weight excluding hydrogens is 474 g/mol. The average Bonchev–Trinajstić information content (AvgIpc) is 2.74. The van der Waals surface area contributed by atoms with Crippen LogP contribution in [0.2, 0.25) is 0 Å². The first-order valence-electron chi connectivity index (χ1n) is 10.2. The summed E-state index contributed by atoms with van der Waals surface area (Å²) >= 11 is 3.40. The Morgan fingerprint density at radius 3 is 2.25 bits per heavy atom. The minimum atomic E-state index is -0.597. The molecule has 0 aromatic heterocycles. The van der Waals surface area contributed by atoms with Gasteiger partial charge in [0.2, 0.25) is 5.91 Å². The summed E-state index contributed by atoms with van der Waals surface area (Å²) < 4.78 is 16.2. The highest BCUT2D eigenvalue weighted by molar-refractivity contribution is 9.10. The minimum Gasteiger partial charge on any atom is -0.497 e. The van der Waals surface area contributed by atoms with Crippen LogP contribution in [0.3, 0.4) is 0 Å². The number of halogens is 1. The number of nitrogens with zero attached hydrogens (tertiary/aromatic N) is 1. The van der Waals surface area contributed by atoms with Crippen molar-refractivity contribution in [3.05, 3.63) is 59.7 Å². The normalized spacial score (nSPS) is 12.3. The van der Waals surface area contributed by atoms with Crippen LogP contribution in [0.1, 0.15) is 38.8 Å². The first kappa shape index (κ1) is 25.5. The first-order chi connectivity index (χ1) is 15.1. The van der Waals surface area contributed by atoms with E-state index >= 15 is 0 Å². The summed E-state index contributed by atoms with van der Waals surface area (Å²) in [5, 5.41) is 0. The van der Waals surface area contributed by atoms with Gasteiger partial charge < -0.3 is 19.1 Å². The molecule has 0 unspecified atom stereocenters. The summed E-state index contributed by atoms with van der Waals surface area (Å²) in [6, 6.07) is 12.9. The Labute approximate surface area is 198 Å². The predicted octanol–water partition coefficient (Wildman–Crippen LogP) is 5.38. The highest BCUT2D eigenvalue weighted by Crippen LogP contribution is 2.35. The monoisotopic (exact) mass is 503 g/mol. The molecule has 32 heavy (non-hydrogen) atoms. The Bertz CT molecular complexity index is 961. The van der Waals surface area contributed by atoms with Gasteiger partial charge in [0, 0.05) is 11.6 Å². The van der Waals surface area contributed by atoms with Crippen LogP contribution in [-0.2, 0) is 20.9 Å². The summed E-state index contributed by atoms with van der Waals surface area (Å²) in [5.74, 6) is 0.649. The molecule has 2 aromatic carbocycles. The van der Waals surface area contributed by atoms with Crippen molar-refractivity contribution in [2.24, 2.45) is 0 Å². The summed E-state index contributed by atoms with van der Waals surface area (Å²) in [7, 11) is 3.16. The number of hydrogen-bond acceptors (Lipinski definition) is 5. The third-order valence-electron chi connectivity index (χ3n) is 4.43. The first-order valence-corrected chi connectivity index (χ1v) is 11.1. The van der Waals surface area contributed by atoms with E-state index in [2.05, 4.69) is 15.9 Å². The van der Waals surface area contributed by atoms with E-state index in [1.807, 2.05) is 57.2 Å². The summed E-state index contributed by atoms with van der Waals surface area (Å²) in [5.41, 5.74) is 1.55. The van der Waals surface area contributed by atoms with Crippen LogP contribution in [0, 0.1) is 0 Å². The van der Waals surface area contributed by atoms with Gasteiger partial charge in [0.25, 0.3) is 0 Å². The maximum Gasteiger partial charge on any atom is 0.331 e. The van der Waals surface area contributed by atoms with Crippen LogP contribution in [0.15, 0.2) is 48.5 Å². The van der Waals surface area contributed by atoms with Gasteiger partial charge >= 0.3 is 5.97 Å². The molecule has 1 amide bonds. The Hall–Kier alpha value is -2.80. The molecule has 0 bridgehead atoms. The summed E-state index contributed by atoms with van der Waals surface area (Å²) in [4.78, 5) is 26.6. The number of carbonyl (C=O) groups excluding carboxylic acids is 2. The van der Waals surface area contributed by atoms with Gasteiger partial charge in [-0.1, -0.05) is 40.2 Å². The van der Waals surface area contributed by atoms with Gasteiger partial charge in [-0.3, -0.25) is 4.79 Å². The topological polar surface area (TPSA) is 65.1 Å². The third-order valence-corrected chi connectivity index (χ3v) is 4.82. The highest BCUT2D eigenvalue weighted by Gasteiger charge is 2.25. The molecule has 2 rings (SSSR count). The number of hydrogen-bond donors (Lipinski definition) is 0. The van der Waals surface area contributed by atoms with Crippen LogP contribution in [-0.4, -0.2) is 36.5 Å². The van der Waals surface area contributed by atoms with Gasteiger partial charge in [0.1, 0.15) is 17.1 Å². The number of esters is 1. The SMILES string of the molecule is COc1ccc(CN(C(=O)[C@H](C)Br)c2c(/C=C/C(=O)OC(C)(C)C)cccc2OC)cc1. The highest BCUT2D eigenvalue weighted by atomic mass is 79.9. The number of rotatable bonds is 8. The number of carbonyl (C=O) groups is 2. The van der Waals surface area contributed by atoms with E-state index < -0.39 is 16.4 Å². The molecular formula is C25H30BrNO5. The molecule has 0 heterocycles. The van der Waals surface area contributed by atoms with Crippen molar-refractivity contribution >= 4 is 39.6 Å². The van der Waals surface area contributed by atoms with E-state index in [1.54, 1.807) is 38.2 Å². The fourth-order valence-corrected chi connectivity index (χ4v) is 3.26. The lowest BCUT2D eigenvalue weighted by atomic mass is 10.1. The molecule has 1 atom stereocenters. The molecule has 172 valence electrons. The van der Waals surface area contributed by atoms with E-state index in [1.165, 1.54) is 6.08 Å². The zero-order chi connectivity index (χ0) is 23.9. The number of anilines is 1. The van der Waals surface area contributed by atoms with E-state index in [-0.39, 0.29) is 5.91 Å². The van der Waals surface area contributed by atoms with E-state index in [0.717, 1.165) is 11.3 Å². The molecule has 2 aromatic rings. The maximum atomic E-state index is 13.2. The number of ether oxygens (including phenoxy) is 3. The van der Waals surface area contributed by atoms with Crippen molar-refractivity contribution < 1.29 is 23.8 Å². The Kier molecular flexibility index (Phi) is 8.89. The van der Waals surface area contributed by atoms with Gasteiger partial charge in [-0.2, -0.15) is 0 Å². The fraction of sp³-hybridized carbons (Fsp3) is 0.360. The largest absolute Gasteiger partial charge is 0.497 e. The van der Waals surface area contributed by atoms with Crippen molar-refractivity contribution in [1.82, 2.24) is 0 Å². The zero-order valence-electron chi connectivity index (χ0n) is 19.3. The number of para-hydroxylation sites is 1. The second kappa shape index (κ2) is 11.2. The Balaban J connectivity index is 2.51. The molecule has 0 aliphatic rings. The zero-order valence-corrected chi connectivity index (χ0v) is 20.9. The average molecular weight is 504 g/mol. The molecule has 0 radical (unpaired) electrons. The lowest BCUT2D eigenvalue weighted by Gasteiger charge is -2.28. The third kappa shape index (κ3) is 7.12. The van der Waals surface area contributed by atoms with Crippen molar-refractivity contribution in [3.63, 3.8) is 0 Å². The van der Waals surface area contributed by atoms with Gasteiger partial charge in [-0.05, 0) is 57.5 Å².